The van der Waals surface area contributed by atoms with Crippen LogP contribution in [0.3, 0.4) is 0 Å². The maximum atomic E-state index is 13.5. The minimum absolute atomic E-state index is 0.0196. The Bertz CT molecular complexity index is 855. The van der Waals surface area contributed by atoms with Crippen molar-refractivity contribution in [3.8, 4) is 5.75 Å². The molecular formula is C18H17FN2O6. The molecule has 0 aliphatic rings. The third kappa shape index (κ3) is 5.77. The number of nitro groups is 1. The van der Waals surface area contributed by atoms with E-state index in [2.05, 4.69) is 5.32 Å². The Balaban J connectivity index is 2.08. The summed E-state index contributed by atoms with van der Waals surface area (Å²) in [5.74, 6) is -1.98. The lowest BCUT2D eigenvalue weighted by Crippen LogP contribution is -2.24. The highest BCUT2D eigenvalue weighted by Crippen LogP contribution is 2.20. The molecule has 0 aromatic heterocycles. The summed E-state index contributed by atoms with van der Waals surface area (Å²) in [5, 5.41) is 13.4. The van der Waals surface area contributed by atoms with E-state index >= 15 is 0 Å². The van der Waals surface area contributed by atoms with E-state index in [0.717, 1.165) is 12.1 Å². The van der Waals surface area contributed by atoms with Gasteiger partial charge < -0.3 is 14.8 Å². The number of ether oxygens (including phenoxy) is 2. The summed E-state index contributed by atoms with van der Waals surface area (Å²) >= 11 is 0. The smallest absolute Gasteiger partial charge is 0.344 e. The predicted molar refractivity (Wildman–Crippen MR) is 92.8 cm³/mol. The molecule has 0 fully saturated rings. The zero-order valence-electron chi connectivity index (χ0n) is 14.4. The summed E-state index contributed by atoms with van der Waals surface area (Å²) in [5.41, 5.74) is 0.446. The van der Waals surface area contributed by atoms with Gasteiger partial charge in [0.05, 0.1) is 17.1 Å². The fraction of sp³-hybridized carbons (Fsp3) is 0.222. The molecule has 0 unspecified atom stereocenters. The molecular weight excluding hydrogens is 359 g/mol. The highest BCUT2D eigenvalue weighted by atomic mass is 19.1. The lowest BCUT2D eigenvalue weighted by molar-refractivity contribution is -0.384. The maximum Gasteiger partial charge on any atom is 0.344 e. The van der Waals surface area contributed by atoms with Crippen molar-refractivity contribution in [2.24, 2.45) is 0 Å². The van der Waals surface area contributed by atoms with Gasteiger partial charge in [-0.15, -0.1) is 0 Å². The van der Waals surface area contributed by atoms with Crippen molar-refractivity contribution in [3.05, 3.63) is 69.5 Å². The van der Waals surface area contributed by atoms with E-state index in [-0.39, 0.29) is 30.2 Å². The fourth-order valence-corrected chi connectivity index (χ4v) is 2.20. The fourth-order valence-electron chi connectivity index (χ4n) is 2.20. The lowest BCUT2D eigenvalue weighted by atomic mass is 10.1. The normalized spacial score (nSPS) is 10.1. The Hall–Kier alpha value is -3.49. The number of rotatable bonds is 8. The summed E-state index contributed by atoms with van der Waals surface area (Å²) in [7, 11) is 0. The van der Waals surface area contributed by atoms with E-state index in [1.165, 1.54) is 24.3 Å². The molecule has 0 heterocycles. The first kappa shape index (κ1) is 19.8. The van der Waals surface area contributed by atoms with Gasteiger partial charge in [0.25, 0.3) is 11.6 Å². The molecule has 9 heteroatoms. The number of non-ortho nitro benzene ring substituents is 1. The van der Waals surface area contributed by atoms with Gasteiger partial charge in [-0.1, -0.05) is 12.1 Å². The molecule has 0 aliphatic heterocycles. The number of hydrogen-bond donors (Lipinski definition) is 1. The molecule has 0 saturated carbocycles. The first-order chi connectivity index (χ1) is 12.9. The molecule has 0 aliphatic carbocycles. The van der Waals surface area contributed by atoms with Crippen LogP contribution in [0, 0.1) is 15.9 Å². The Kier molecular flexibility index (Phi) is 6.81. The molecule has 2 rings (SSSR count). The molecule has 0 spiro atoms. The summed E-state index contributed by atoms with van der Waals surface area (Å²) < 4.78 is 23.4. The Labute approximate surface area is 154 Å². The van der Waals surface area contributed by atoms with Crippen molar-refractivity contribution in [2.75, 3.05) is 13.2 Å². The van der Waals surface area contributed by atoms with Crippen LogP contribution in [0.4, 0.5) is 10.1 Å². The molecule has 2 aromatic rings. The van der Waals surface area contributed by atoms with Crippen LogP contribution in [0.2, 0.25) is 0 Å². The molecule has 0 bridgehead atoms. The Morgan fingerprint density at radius 2 is 2.00 bits per heavy atom. The standard InChI is InChI=1S/C18H17FN2O6/c1-2-26-17(22)11-27-16-9-13(19)6-7-15(16)18(23)20-10-12-4-3-5-14(8-12)21(24)25/h3-9H,2,10-11H2,1H3,(H,20,23). The van der Waals surface area contributed by atoms with Crippen LogP contribution in [-0.2, 0) is 16.1 Å². The molecule has 0 saturated heterocycles. The van der Waals surface area contributed by atoms with Gasteiger partial charge in [0.1, 0.15) is 11.6 Å². The predicted octanol–water partition coefficient (Wildman–Crippen LogP) is 2.61. The van der Waals surface area contributed by atoms with Crippen molar-refractivity contribution in [1.29, 1.82) is 0 Å². The average Bonchev–Trinajstić information content (AvgIpc) is 2.65. The van der Waals surface area contributed by atoms with Gasteiger partial charge in [-0.3, -0.25) is 14.9 Å². The van der Waals surface area contributed by atoms with E-state index in [1.807, 2.05) is 0 Å². The van der Waals surface area contributed by atoms with Gasteiger partial charge in [0.15, 0.2) is 6.61 Å². The van der Waals surface area contributed by atoms with Gasteiger partial charge in [-0.05, 0) is 24.6 Å². The second kappa shape index (κ2) is 9.27. The number of nitro benzene ring substituents is 1. The Morgan fingerprint density at radius 3 is 2.70 bits per heavy atom. The Morgan fingerprint density at radius 1 is 1.22 bits per heavy atom. The molecule has 0 radical (unpaired) electrons. The first-order valence-electron chi connectivity index (χ1n) is 8.00. The topological polar surface area (TPSA) is 108 Å². The zero-order valence-corrected chi connectivity index (χ0v) is 14.4. The van der Waals surface area contributed by atoms with E-state index < -0.39 is 29.2 Å². The highest BCUT2D eigenvalue weighted by molar-refractivity contribution is 5.97. The average molecular weight is 376 g/mol. The number of halogens is 1. The number of benzene rings is 2. The van der Waals surface area contributed by atoms with E-state index in [0.29, 0.717) is 5.56 Å². The molecule has 2 aromatic carbocycles. The second-order valence-electron chi connectivity index (χ2n) is 5.34. The molecule has 1 N–H and O–H groups in total. The quantitative estimate of drug-likeness (QED) is 0.431. The van der Waals surface area contributed by atoms with E-state index in [9.17, 15) is 24.1 Å². The summed E-state index contributed by atoms with van der Waals surface area (Å²) in [6.07, 6.45) is 0. The molecule has 27 heavy (non-hydrogen) atoms. The van der Waals surface area contributed by atoms with Gasteiger partial charge >= 0.3 is 5.97 Å². The van der Waals surface area contributed by atoms with E-state index in [1.54, 1.807) is 13.0 Å². The van der Waals surface area contributed by atoms with Crippen LogP contribution in [0.1, 0.15) is 22.8 Å². The van der Waals surface area contributed by atoms with Crippen LogP contribution in [0.15, 0.2) is 42.5 Å². The lowest BCUT2D eigenvalue weighted by Gasteiger charge is -2.12. The minimum atomic E-state index is -0.648. The van der Waals surface area contributed by atoms with Crippen LogP contribution in [0.25, 0.3) is 0 Å². The molecule has 0 atom stereocenters. The van der Waals surface area contributed by atoms with E-state index in [4.69, 9.17) is 9.47 Å². The van der Waals surface area contributed by atoms with Crippen molar-refractivity contribution < 1.29 is 28.4 Å². The van der Waals surface area contributed by atoms with Crippen LogP contribution in [0.5, 0.6) is 5.75 Å². The number of esters is 1. The summed E-state index contributed by atoms with van der Waals surface area (Å²) in [6.45, 7) is 1.35. The third-order valence-corrected chi connectivity index (χ3v) is 3.41. The van der Waals surface area contributed by atoms with Crippen molar-refractivity contribution in [2.45, 2.75) is 13.5 Å². The number of nitrogens with one attached hydrogen (secondary N) is 1. The highest BCUT2D eigenvalue weighted by Gasteiger charge is 2.16. The summed E-state index contributed by atoms with van der Waals surface area (Å²) in [4.78, 5) is 34.0. The maximum absolute atomic E-state index is 13.5. The van der Waals surface area contributed by atoms with Crippen molar-refractivity contribution in [3.63, 3.8) is 0 Å². The number of carbonyl (C=O) groups excluding carboxylic acids is 2. The van der Waals surface area contributed by atoms with Crippen molar-refractivity contribution in [1.82, 2.24) is 5.32 Å². The van der Waals surface area contributed by atoms with Gasteiger partial charge in [-0.2, -0.15) is 0 Å². The number of nitrogens with zero attached hydrogens (tertiary/aromatic N) is 1. The first-order valence-corrected chi connectivity index (χ1v) is 8.00. The second-order valence-corrected chi connectivity index (χ2v) is 5.34. The number of carbonyl (C=O) groups is 2. The monoisotopic (exact) mass is 376 g/mol. The SMILES string of the molecule is CCOC(=O)COc1cc(F)ccc1C(=O)NCc1cccc([N+](=O)[O-])c1. The minimum Gasteiger partial charge on any atom is -0.481 e. The van der Waals surface area contributed by atoms with Crippen molar-refractivity contribution >= 4 is 17.6 Å². The molecule has 1 amide bonds. The zero-order chi connectivity index (χ0) is 19.8. The van der Waals surface area contributed by atoms with Crippen LogP contribution in [-0.4, -0.2) is 30.0 Å². The molecule has 8 nitrogen and oxygen atoms in total. The van der Waals surface area contributed by atoms with Crippen LogP contribution < -0.4 is 10.1 Å². The van der Waals surface area contributed by atoms with Crippen LogP contribution >= 0.6 is 0 Å². The largest absolute Gasteiger partial charge is 0.481 e. The summed E-state index contributed by atoms with van der Waals surface area (Å²) in [6, 6.07) is 9.09. The third-order valence-electron chi connectivity index (χ3n) is 3.41. The van der Waals surface area contributed by atoms with Gasteiger partial charge in [0, 0.05) is 24.7 Å². The number of hydrogen-bond acceptors (Lipinski definition) is 6. The molecule has 142 valence electrons. The van der Waals surface area contributed by atoms with Gasteiger partial charge in [0.2, 0.25) is 0 Å². The number of amides is 1. The van der Waals surface area contributed by atoms with Gasteiger partial charge in [-0.25, -0.2) is 9.18 Å².